The molecule has 7 heteroatoms. The molecule has 0 spiro atoms. The molecule has 1 saturated heterocycles. The van der Waals surface area contributed by atoms with E-state index >= 15 is 0 Å². The third-order valence-corrected chi connectivity index (χ3v) is 6.23. The van der Waals surface area contributed by atoms with Gasteiger partial charge in [0, 0.05) is 19.1 Å². The van der Waals surface area contributed by atoms with Gasteiger partial charge in [-0.2, -0.15) is 0 Å². The summed E-state index contributed by atoms with van der Waals surface area (Å²) in [6.45, 7) is 8.30. The molecule has 0 aromatic heterocycles. The molecule has 0 aromatic carbocycles. The predicted molar refractivity (Wildman–Crippen MR) is 79.6 cm³/mol. The Kier molecular flexibility index (Phi) is 5.97. The normalized spacial score (nSPS) is 26.6. The molecule has 0 unspecified atom stereocenters. The fraction of sp³-hybridized carbons (Fsp3) is 0.923. The summed E-state index contributed by atoms with van der Waals surface area (Å²) in [4.78, 5) is 11.3. The van der Waals surface area contributed by atoms with Crippen molar-refractivity contribution in [2.24, 2.45) is 11.7 Å². The average molecular weight is 305 g/mol. The summed E-state index contributed by atoms with van der Waals surface area (Å²) in [5.41, 5.74) is 5.34. The number of nitrogens with two attached hydrogens (primary N) is 1. The van der Waals surface area contributed by atoms with Gasteiger partial charge in [0.15, 0.2) is 0 Å². The van der Waals surface area contributed by atoms with E-state index in [1.807, 2.05) is 13.8 Å². The van der Waals surface area contributed by atoms with Crippen molar-refractivity contribution in [1.82, 2.24) is 9.62 Å². The third kappa shape index (κ3) is 3.93. The van der Waals surface area contributed by atoms with Crippen LogP contribution in [0, 0.1) is 5.92 Å². The van der Waals surface area contributed by atoms with Crippen molar-refractivity contribution in [3.63, 3.8) is 0 Å². The highest BCUT2D eigenvalue weighted by Gasteiger charge is 2.35. The van der Waals surface area contributed by atoms with E-state index < -0.39 is 15.3 Å². The molecular formula is C13H27N3O3S. The first-order chi connectivity index (χ1) is 9.20. The van der Waals surface area contributed by atoms with E-state index in [0.717, 1.165) is 0 Å². The first-order valence-corrected chi connectivity index (χ1v) is 8.74. The fourth-order valence-electron chi connectivity index (χ4n) is 2.54. The molecular weight excluding hydrogens is 278 g/mol. The number of hydrogen-bond acceptors (Lipinski definition) is 4. The zero-order valence-electron chi connectivity index (χ0n) is 12.8. The zero-order valence-corrected chi connectivity index (χ0v) is 13.6. The van der Waals surface area contributed by atoms with Gasteiger partial charge in [0.1, 0.15) is 0 Å². The van der Waals surface area contributed by atoms with E-state index in [4.69, 9.17) is 5.73 Å². The second kappa shape index (κ2) is 6.87. The van der Waals surface area contributed by atoms with Crippen LogP contribution in [0.5, 0.6) is 0 Å². The summed E-state index contributed by atoms with van der Waals surface area (Å²) in [6, 6.07) is -0.207. The van der Waals surface area contributed by atoms with Crippen molar-refractivity contribution in [3.05, 3.63) is 0 Å². The van der Waals surface area contributed by atoms with Crippen molar-refractivity contribution < 1.29 is 13.2 Å². The van der Waals surface area contributed by atoms with Crippen LogP contribution in [-0.2, 0) is 14.8 Å². The lowest BCUT2D eigenvalue weighted by Gasteiger charge is -2.38. The summed E-state index contributed by atoms with van der Waals surface area (Å²) in [5.74, 6) is -0.192. The molecule has 1 aliphatic rings. The highest BCUT2D eigenvalue weighted by molar-refractivity contribution is 7.89. The highest BCUT2D eigenvalue weighted by Crippen LogP contribution is 2.22. The van der Waals surface area contributed by atoms with Gasteiger partial charge in [0.05, 0.1) is 11.3 Å². The number of carbonyl (C=O) groups excluding carboxylic acids is 1. The number of piperidine rings is 1. The lowest BCUT2D eigenvalue weighted by atomic mass is 9.94. The molecule has 3 atom stereocenters. The van der Waals surface area contributed by atoms with Crippen molar-refractivity contribution in [2.45, 2.75) is 57.9 Å². The minimum absolute atomic E-state index is 0.131. The summed E-state index contributed by atoms with van der Waals surface area (Å²) >= 11 is 0. The van der Waals surface area contributed by atoms with Crippen LogP contribution in [0.1, 0.15) is 40.5 Å². The number of carbonyl (C=O) groups is 1. The molecule has 0 bridgehead atoms. The molecule has 1 heterocycles. The molecule has 118 valence electrons. The summed E-state index contributed by atoms with van der Waals surface area (Å²) in [6.07, 6.45) is 1.35. The molecule has 1 fully saturated rings. The third-order valence-electron chi connectivity index (χ3n) is 3.99. The van der Waals surface area contributed by atoms with Crippen molar-refractivity contribution in [3.8, 4) is 0 Å². The molecule has 3 N–H and O–H groups in total. The van der Waals surface area contributed by atoms with Crippen LogP contribution in [0.15, 0.2) is 0 Å². The summed E-state index contributed by atoms with van der Waals surface area (Å²) in [7, 11) is -3.19. The molecule has 6 nitrogen and oxygen atoms in total. The first-order valence-electron chi connectivity index (χ1n) is 7.24. The maximum absolute atomic E-state index is 12.2. The maximum atomic E-state index is 12.2. The number of nitrogens with one attached hydrogen (secondary N) is 1. The van der Waals surface area contributed by atoms with Crippen LogP contribution in [-0.4, -0.2) is 49.1 Å². The number of amides is 1. The molecule has 1 amide bonds. The van der Waals surface area contributed by atoms with Crippen LogP contribution in [0.2, 0.25) is 0 Å². The van der Waals surface area contributed by atoms with E-state index in [1.54, 1.807) is 18.2 Å². The Morgan fingerprint density at radius 1 is 1.45 bits per heavy atom. The second-order valence-corrected chi connectivity index (χ2v) is 8.34. The van der Waals surface area contributed by atoms with Crippen molar-refractivity contribution in [1.29, 1.82) is 0 Å². The number of rotatable bonds is 6. The van der Waals surface area contributed by atoms with Gasteiger partial charge in [-0.3, -0.25) is 4.79 Å². The Labute approximate surface area is 122 Å². The van der Waals surface area contributed by atoms with E-state index in [0.29, 0.717) is 25.9 Å². The smallest absolute Gasteiger partial charge is 0.234 e. The van der Waals surface area contributed by atoms with Gasteiger partial charge >= 0.3 is 0 Å². The van der Waals surface area contributed by atoms with Crippen LogP contribution in [0.3, 0.4) is 0 Å². The fourth-order valence-corrected chi connectivity index (χ4v) is 3.94. The number of nitrogens with zero attached hydrogens (tertiary/aromatic N) is 1. The van der Waals surface area contributed by atoms with E-state index in [1.165, 1.54) is 0 Å². The molecule has 20 heavy (non-hydrogen) atoms. The Morgan fingerprint density at radius 3 is 2.45 bits per heavy atom. The number of sulfonamides is 1. The molecule has 1 rings (SSSR count). The quantitative estimate of drug-likeness (QED) is 0.737. The standard InChI is InChI=1S/C13H27N3O3S/c1-5-11(13(14)17)15-12-6-7-16(8-10(12)4)20(18,19)9(2)3/h9-12,15H,5-8H2,1-4H3,(H2,14,17)/t10-,11-,12+/m0/s1. The highest BCUT2D eigenvalue weighted by atomic mass is 32.2. The number of primary amides is 1. The lowest BCUT2D eigenvalue weighted by Crippen LogP contribution is -2.55. The van der Waals surface area contributed by atoms with Crippen molar-refractivity contribution >= 4 is 15.9 Å². The lowest BCUT2D eigenvalue weighted by molar-refractivity contribution is -0.120. The zero-order chi connectivity index (χ0) is 15.5. The van der Waals surface area contributed by atoms with Crippen molar-refractivity contribution in [2.75, 3.05) is 13.1 Å². The molecule has 0 radical (unpaired) electrons. The largest absolute Gasteiger partial charge is 0.368 e. The SMILES string of the molecule is CC[C@H](N[C@@H]1CCN(S(=O)(=O)C(C)C)C[C@@H]1C)C(N)=O. The average Bonchev–Trinajstić information content (AvgIpc) is 2.36. The molecule has 0 aromatic rings. The Morgan fingerprint density at radius 2 is 2.05 bits per heavy atom. The van der Waals surface area contributed by atoms with Gasteiger partial charge in [-0.1, -0.05) is 13.8 Å². The summed E-state index contributed by atoms with van der Waals surface area (Å²) < 4.78 is 25.9. The minimum Gasteiger partial charge on any atom is -0.368 e. The summed E-state index contributed by atoms with van der Waals surface area (Å²) in [5, 5.41) is 2.86. The van der Waals surface area contributed by atoms with Crippen LogP contribution < -0.4 is 11.1 Å². The second-order valence-electron chi connectivity index (χ2n) is 5.85. The van der Waals surface area contributed by atoms with E-state index in [-0.39, 0.29) is 23.9 Å². The van der Waals surface area contributed by atoms with Gasteiger partial charge in [-0.05, 0) is 32.6 Å². The van der Waals surface area contributed by atoms with Gasteiger partial charge < -0.3 is 11.1 Å². The van der Waals surface area contributed by atoms with Gasteiger partial charge in [0.25, 0.3) is 0 Å². The first kappa shape index (κ1) is 17.4. The molecule has 1 aliphatic heterocycles. The number of hydrogen-bond donors (Lipinski definition) is 2. The van der Waals surface area contributed by atoms with Gasteiger partial charge in [0.2, 0.25) is 15.9 Å². The van der Waals surface area contributed by atoms with Gasteiger partial charge in [-0.15, -0.1) is 0 Å². The monoisotopic (exact) mass is 305 g/mol. The van der Waals surface area contributed by atoms with Crippen LogP contribution in [0.4, 0.5) is 0 Å². The topological polar surface area (TPSA) is 92.5 Å². The molecule has 0 saturated carbocycles. The molecule has 0 aliphatic carbocycles. The predicted octanol–water partition coefficient (Wildman–Crippen LogP) is 0.289. The van der Waals surface area contributed by atoms with E-state index in [2.05, 4.69) is 5.32 Å². The minimum atomic E-state index is -3.19. The van der Waals surface area contributed by atoms with Crippen LogP contribution in [0.25, 0.3) is 0 Å². The Bertz CT molecular complexity index is 436. The van der Waals surface area contributed by atoms with Crippen LogP contribution >= 0.6 is 0 Å². The van der Waals surface area contributed by atoms with E-state index in [9.17, 15) is 13.2 Å². The maximum Gasteiger partial charge on any atom is 0.234 e. The van der Waals surface area contributed by atoms with Gasteiger partial charge in [-0.25, -0.2) is 12.7 Å². The Hall–Kier alpha value is -0.660. The Balaban J connectivity index is 2.67.